The zero-order valence-electron chi connectivity index (χ0n) is 11.0. The van der Waals surface area contributed by atoms with Crippen molar-refractivity contribution >= 4 is 17.3 Å². The number of hydrogen-bond acceptors (Lipinski definition) is 4. The van der Waals surface area contributed by atoms with Crippen LogP contribution in [-0.4, -0.2) is 15.9 Å². The van der Waals surface area contributed by atoms with Gasteiger partial charge in [0, 0.05) is 29.7 Å². The van der Waals surface area contributed by atoms with Crippen molar-refractivity contribution in [2.75, 3.05) is 10.6 Å². The van der Waals surface area contributed by atoms with Gasteiger partial charge in [-0.25, -0.2) is 0 Å². The van der Waals surface area contributed by atoms with E-state index in [9.17, 15) is 4.79 Å². The monoisotopic (exact) mass is 268 g/mol. The van der Waals surface area contributed by atoms with Gasteiger partial charge in [-0.05, 0) is 31.0 Å². The minimum atomic E-state index is 0.121. The number of nitrogens with zero attached hydrogens (tertiary/aromatic N) is 2. The molecule has 0 radical (unpaired) electrons. The predicted molar refractivity (Wildman–Crippen MR) is 77.2 cm³/mol. The van der Waals surface area contributed by atoms with Gasteiger partial charge in [0.1, 0.15) is 0 Å². The van der Waals surface area contributed by atoms with E-state index >= 15 is 0 Å². The molecule has 1 saturated carbocycles. The first-order valence-corrected chi connectivity index (χ1v) is 6.71. The van der Waals surface area contributed by atoms with Gasteiger partial charge in [-0.15, -0.1) is 0 Å². The molecule has 0 aliphatic heterocycles. The molecule has 2 aromatic rings. The second kappa shape index (κ2) is 5.69. The summed E-state index contributed by atoms with van der Waals surface area (Å²) in [5.41, 5.74) is 2.65. The second-order valence-electron chi connectivity index (χ2n) is 4.89. The van der Waals surface area contributed by atoms with Crippen molar-refractivity contribution in [3.63, 3.8) is 0 Å². The molecule has 0 unspecified atom stereocenters. The summed E-state index contributed by atoms with van der Waals surface area (Å²) < 4.78 is 0. The smallest absolute Gasteiger partial charge is 0.227 e. The van der Waals surface area contributed by atoms with Gasteiger partial charge < -0.3 is 10.6 Å². The van der Waals surface area contributed by atoms with E-state index in [0.29, 0.717) is 6.54 Å². The molecule has 20 heavy (non-hydrogen) atoms. The molecular weight excluding hydrogens is 252 g/mol. The number of anilines is 2. The van der Waals surface area contributed by atoms with E-state index in [1.165, 1.54) is 0 Å². The molecular formula is C15H16N4O. The summed E-state index contributed by atoms with van der Waals surface area (Å²) >= 11 is 0. The molecule has 1 heterocycles. The Hall–Kier alpha value is -2.43. The first kappa shape index (κ1) is 12.6. The maximum absolute atomic E-state index is 11.7. The average molecular weight is 268 g/mol. The lowest BCUT2D eigenvalue weighted by Crippen LogP contribution is -2.13. The summed E-state index contributed by atoms with van der Waals surface area (Å²) in [5.74, 6) is 0.335. The number of aromatic nitrogens is 2. The quantitative estimate of drug-likeness (QED) is 0.874. The zero-order chi connectivity index (χ0) is 13.8. The van der Waals surface area contributed by atoms with Crippen LogP contribution in [0.15, 0.2) is 42.9 Å². The van der Waals surface area contributed by atoms with Crippen LogP contribution in [0.5, 0.6) is 0 Å². The van der Waals surface area contributed by atoms with Crippen LogP contribution in [0.2, 0.25) is 0 Å². The van der Waals surface area contributed by atoms with E-state index < -0.39 is 0 Å². The number of nitrogens with one attached hydrogen (secondary N) is 2. The van der Waals surface area contributed by atoms with Gasteiger partial charge in [0.25, 0.3) is 0 Å². The van der Waals surface area contributed by atoms with Crippen molar-refractivity contribution in [3.8, 4) is 0 Å². The number of carbonyl (C=O) groups excluding carboxylic acids is 1. The summed E-state index contributed by atoms with van der Waals surface area (Å²) in [6.45, 7) is 0.605. The molecule has 1 fully saturated rings. The topological polar surface area (TPSA) is 66.9 Å². The van der Waals surface area contributed by atoms with Crippen LogP contribution in [0, 0.1) is 5.92 Å². The number of rotatable bonds is 5. The molecule has 1 aromatic carbocycles. The van der Waals surface area contributed by atoms with Gasteiger partial charge in [-0.3, -0.25) is 14.8 Å². The van der Waals surface area contributed by atoms with E-state index in [0.717, 1.165) is 29.9 Å². The Morgan fingerprint density at radius 1 is 1.25 bits per heavy atom. The normalized spacial score (nSPS) is 13.8. The average Bonchev–Trinajstić information content (AvgIpc) is 3.31. The molecule has 1 aliphatic carbocycles. The lowest BCUT2D eigenvalue weighted by Gasteiger charge is -2.09. The van der Waals surface area contributed by atoms with Crippen LogP contribution >= 0.6 is 0 Å². The Bertz CT molecular complexity index is 596. The van der Waals surface area contributed by atoms with Gasteiger partial charge in [0.2, 0.25) is 5.91 Å². The Morgan fingerprint density at radius 2 is 2.10 bits per heavy atom. The fourth-order valence-corrected chi connectivity index (χ4v) is 1.91. The maximum atomic E-state index is 11.7. The first-order chi connectivity index (χ1) is 9.81. The molecule has 0 saturated heterocycles. The van der Waals surface area contributed by atoms with Gasteiger partial charge in [-0.2, -0.15) is 0 Å². The molecule has 0 spiro atoms. The third-order valence-electron chi connectivity index (χ3n) is 3.17. The highest BCUT2D eigenvalue weighted by molar-refractivity contribution is 5.94. The van der Waals surface area contributed by atoms with Crippen LogP contribution < -0.4 is 10.6 Å². The van der Waals surface area contributed by atoms with E-state index in [4.69, 9.17) is 0 Å². The number of amides is 1. The van der Waals surface area contributed by atoms with Crippen molar-refractivity contribution in [3.05, 3.63) is 48.5 Å². The predicted octanol–water partition coefficient (Wildman–Crippen LogP) is 2.44. The number of carbonyl (C=O) groups is 1. The second-order valence-corrected chi connectivity index (χ2v) is 4.89. The lowest BCUT2D eigenvalue weighted by molar-refractivity contribution is -0.117. The molecule has 5 nitrogen and oxygen atoms in total. The molecule has 0 bridgehead atoms. The van der Waals surface area contributed by atoms with Crippen LogP contribution in [0.4, 0.5) is 11.4 Å². The van der Waals surface area contributed by atoms with Crippen molar-refractivity contribution in [2.45, 2.75) is 19.4 Å². The minimum Gasteiger partial charge on any atom is -0.379 e. The molecule has 3 rings (SSSR count). The van der Waals surface area contributed by atoms with Gasteiger partial charge in [0.05, 0.1) is 18.4 Å². The molecule has 0 atom stereocenters. The third-order valence-corrected chi connectivity index (χ3v) is 3.17. The zero-order valence-corrected chi connectivity index (χ0v) is 11.0. The van der Waals surface area contributed by atoms with Crippen LogP contribution in [0.25, 0.3) is 0 Å². The Morgan fingerprint density at radius 3 is 2.85 bits per heavy atom. The molecule has 1 aliphatic rings. The summed E-state index contributed by atoms with van der Waals surface area (Å²) in [6.07, 6.45) is 7.07. The summed E-state index contributed by atoms with van der Waals surface area (Å²) in [4.78, 5) is 19.9. The number of hydrogen-bond donors (Lipinski definition) is 2. The van der Waals surface area contributed by atoms with Gasteiger partial charge in [-0.1, -0.05) is 6.07 Å². The fourth-order valence-electron chi connectivity index (χ4n) is 1.91. The molecule has 1 amide bonds. The standard InChI is InChI=1S/C15H16N4O/c20-15(11-4-5-11)19-13-3-1-2-12(8-13)18-10-14-9-16-6-7-17-14/h1-3,6-9,11,18H,4-5,10H2,(H,19,20). The summed E-state index contributed by atoms with van der Waals surface area (Å²) in [5, 5.41) is 6.20. The Labute approximate surface area is 117 Å². The van der Waals surface area contributed by atoms with E-state index in [-0.39, 0.29) is 11.8 Å². The van der Waals surface area contributed by atoms with Crippen molar-refractivity contribution in [1.82, 2.24) is 9.97 Å². The Balaban J connectivity index is 1.60. The molecule has 2 N–H and O–H groups in total. The molecule has 1 aromatic heterocycles. The third kappa shape index (κ3) is 3.32. The molecule has 102 valence electrons. The highest BCUT2D eigenvalue weighted by Gasteiger charge is 2.29. The van der Waals surface area contributed by atoms with Gasteiger partial charge >= 0.3 is 0 Å². The van der Waals surface area contributed by atoms with E-state index in [1.54, 1.807) is 18.6 Å². The Kier molecular flexibility index (Phi) is 3.58. The summed E-state index contributed by atoms with van der Waals surface area (Å²) in [7, 11) is 0. The van der Waals surface area contributed by atoms with Crippen LogP contribution in [0.1, 0.15) is 18.5 Å². The fraction of sp³-hybridized carbons (Fsp3) is 0.267. The minimum absolute atomic E-state index is 0.121. The maximum Gasteiger partial charge on any atom is 0.227 e. The van der Waals surface area contributed by atoms with Crippen molar-refractivity contribution in [2.24, 2.45) is 5.92 Å². The van der Waals surface area contributed by atoms with Gasteiger partial charge in [0.15, 0.2) is 0 Å². The molecule has 5 heteroatoms. The highest BCUT2D eigenvalue weighted by atomic mass is 16.2. The SMILES string of the molecule is O=C(Nc1cccc(NCc2cnccn2)c1)C1CC1. The van der Waals surface area contributed by atoms with Crippen LogP contribution in [0.3, 0.4) is 0 Å². The van der Waals surface area contributed by atoms with Crippen molar-refractivity contribution < 1.29 is 4.79 Å². The van der Waals surface area contributed by atoms with Crippen molar-refractivity contribution in [1.29, 1.82) is 0 Å². The number of benzene rings is 1. The summed E-state index contributed by atoms with van der Waals surface area (Å²) in [6, 6.07) is 7.70. The largest absolute Gasteiger partial charge is 0.379 e. The highest BCUT2D eigenvalue weighted by Crippen LogP contribution is 2.30. The first-order valence-electron chi connectivity index (χ1n) is 6.71. The van der Waals surface area contributed by atoms with E-state index in [2.05, 4.69) is 20.6 Å². The van der Waals surface area contributed by atoms with Crippen LogP contribution in [-0.2, 0) is 11.3 Å². The lowest BCUT2D eigenvalue weighted by atomic mass is 10.2. The van der Waals surface area contributed by atoms with E-state index in [1.807, 2.05) is 24.3 Å².